The molecule has 0 saturated heterocycles. The lowest BCUT2D eigenvalue weighted by atomic mass is 10.1. The van der Waals surface area contributed by atoms with Gasteiger partial charge in [0.25, 0.3) is 0 Å². The Morgan fingerprint density at radius 3 is 2.62 bits per heavy atom. The van der Waals surface area contributed by atoms with Crippen molar-refractivity contribution < 1.29 is 5.11 Å². The van der Waals surface area contributed by atoms with Crippen LogP contribution in [0.1, 0.15) is 18.7 Å². The van der Waals surface area contributed by atoms with Crippen molar-refractivity contribution in [3.63, 3.8) is 0 Å². The Bertz CT molecular complexity index is 304. The van der Waals surface area contributed by atoms with Gasteiger partial charge in [0, 0.05) is 15.1 Å². The second-order valence-corrected chi connectivity index (χ2v) is 4.56. The zero-order valence-electron chi connectivity index (χ0n) is 7.04. The maximum absolute atomic E-state index is 9.27. The van der Waals surface area contributed by atoms with E-state index in [9.17, 15) is 5.11 Å². The smallest absolute Gasteiger partial charge is 0.0742 e. The average molecular weight is 310 g/mol. The van der Waals surface area contributed by atoms with Crippen LogP contribution in [0.2, 0.25) is 0 Å². The van der Waals surface area contributed by atoms with Crippen molar-refractivity contribution >= 4 is 31.9 Å². The molecule has 0 aromatic carbocycles. The van der Waals surface area contributed by atoms with E-state index in [2.05, 4.69) is 36.8 Å². The van der Waals surface area contributed by atoms with Gasteiger partial charge in [-0.2, -0.15) is 0 Å². The van der Waals surface area contributed by atoms with Gasteiger partial charge in [-0.05, 0) is 44.8 Å². The maximum atomic E-state index is 9.27. The average Bonchev–Trinajstić information content (AvgIpc) is 2.03. The third-order valence-corrected chi connectivity index (χ3v) is 2.74. The second kappa shape index (κ2) is 4.50. The lowest BCUT2D eigenvalue weighted by Crippen LogP contribution is -2.24. The van der Waals surface area contributed by atoms with Gasteiger partial charge in [0.05, 0.1) is 17.8 Å². The molecule has 13 heavy (non-hydrogen) atoms. The van der Waals surface area contributed by atoms with E-state index in [-0.39, 0.29) is 0 Å². The molecule has 1 rings (SSSR count). The molecule has 0 aliphatic carbocycles. The summed E-state index contributed by atoms with van der Waals surface area (Å²) in [6.45, 7) is 1.64. The predicted octanol–water partition coefficient (Wildman–Crippen LogP) is 1.99. The van der Waals surface area contributed by atoms with Crippen molar-refractivity contribution in [2.45, 2.75) is 19.1 Å². The summed E-state index contributed by atoms with van der Waals surface area (Å²) in [6, 6.07) is 1.40. The Morgan fingerprint density at radius 2 is 2.15 bits per heavy atom. The standard InChI is InChI=1S/C8H10Br2N2O/c1-4(13)7(11)8-6(10)2-5(9)3-12-8/h2-4,7,13H,11H2,1H3/t4-,7-/m0/s1. The molecule has 72 valence electrons. The fraction of sp³-hybridized carbons (Fsp3) is 0.375. The molecule has 5 heteroatoms. The fourth-order valence-corrected chi connectivity index (χ4v) is 2.15. The van der Waals surface area contributed by atoms with Gasteiger partial charge in [0.15, 0.2) is 0 Å². The highest BCUT2D eigenvalue weighted by Crippen LogP contribution is 2.24. The molecule has 0 radical (unpaired) electrons. The molecule has 0 amide bonds. The molecule has 0 bridgehead atoms. The van der Waals surface area contributed by atoms with Crippen LogP contribution in [0.3, 0.4) is 0 Å². The Hall–Kier alpha value is 0.0300. The van der Waals surface area contributed by atoms with Gasteiger partial charge >= 0.3 is 0 Å². The predicted molar refractivity (Wildman–Crippen MR) is 58.2 cm³/mol. The summed E-state index contributed by atoms with van der Waals surface area (Å²) in [5, 5.41) is 9.27. The summed E-state index contributed by atoms with van der Waals surface area (Å²) in [7, 11) is 0. The van der Waals surface area contributed by atoms with Gasteiger partial charge in [0.2, 0.25) is 0 Å². The minimum Gasteiger partial charge on any atom is -0.391 e. The van der Waals surface area contributed by atoms with Gasteiger partial charge in [-0.1, -0.05) is 0 Å². The highest BCUT2D eigenvalue weighted by molar-refractivity contribution is 9.11. The zero-order chi connectivity index (χ0) is 10.0. The molecule has 3 nitrogen and oxygen atoms in total. The highest BCUT2D eigenvalue weighted by atomic mass is 79.9. The number of nitrogens with two attached hydrogens (primary N) is 1. The maximum Gasteiger partial charge on any atom is 0.0742 e. The third-order valence-electron chi connectivity index (χ3n) is 1.67. The SMILES string of the molecule is C[C@H](O)[C@H](N)c1ncc(Br)cc1Br. The molecule has 0 spiro atoms. The fourth-order valence-electron chi connectivity index (χ4n) is 0.899. The van der Waals surface area contributed by atoms with Crippen LogP contribution in [0.5, 0.6) is 0 Å². The molecular weight excluding hydrogens is 300 g/mol. The van der Waals surface area contributed by atoms with Crippen molar-refractivity contribution in [3.8, 4) is 0 Å². The summed E-state index contributed by atoms with van der Waals surface area (Å²) < 4.78 is 1.68. The summed E-state index contributed by atoms with van der Waals surface area (Å²) in [5.41, 5.74) is 6.40. The first kappa shape index (κ1) is 11.1. The van der Waals surface area contributed by atoms with Crippen LogP contribution in [-0.2, 0) is 0 Å². The van der Waals surface area contributed by atoms with Crippen molar-refractivity contribution in [1.29, 1.82) is 0 Å². The van der Waals surface area contributed by atoms with E-state index >= 15 is 0 Å². The van der Waals surface area contributed by atoms with Crippen molar-refractivity contribution in [3.05, 3.63) is 26.9 Å². The minimum atomic E-state index is -0.607. The normalized spacial score (nSPS) is 15.5. The first-order valence-electron chi connectivity index (χ1n) is 3.77. The number of rotatable bonds is 2. The number of pyridine rings is 1. The van der Waals surface area contributed by atoms with E-state index in [1.165, 1.54) is 0 Å². The number of aromatic nitrogens is 1. The molecule has 2 atom stereocenters. The van der Waals surface area contributed by atoms with Crippen molar-refractivity contribution in [2.24, 2.45) is 5.73 Å². The molecule has 0 fully saturated rings. The van der Waals surface area contributed by atoms with Crippen LogP contribution in [0.15, 0.2) is 21.2 Å². The minimum absolute atomic E-state index is 0.456. The lowest BCUT2D eigenvalue weighted by molar-refractivity contribution is 0.162. The van der Waals surface area contributed by atoms with Crippen LogP contribution in [0.4, 0.5) is 0 Å². The van der Waals surface area contributed by atoms with Crippen LogP contribution in [0, 0.1) is 0 Å². The zero-order valence-corrected chi connectivity index (χ0v) is 10.2. The molecule has 3 N–H and O–H groups in total. The van der Waals surface area contributed by atoms with Gasteiger partial charge in [-0.15, -0.1) is 0 Å². The molecule has 0 aliphatic rings. The Labute approximate surface area is 93.6 Å². The van der Waals surface area contributed by atoms with E-state index in [1.54, 1.807) is 13.1 Å². The Balaban J connectivity index is 3.01. The molecule has 0 unspecified atom stereocenters. The third kappa shape index (κ3) is 2.74. The highest BCUT2D eigenvalue weighted by Gasteiger charge is 2.16. The number of aliphatic hydroxyl groups is 1. The van der Waals surface area contributed by atoms with Crippen LogP contribution < -0.4 is 5.73 Å². The molecule has 0 aliphatic heterocycles. The summed E-state index contributed by atoms with van der Waals surface area (Å²) in [4.78, 5) is 4.12. The summed E-state index contributed by atoms with van der Waals surface area (Å²) in [6.07, 6.45) is 1.05. The van der Waals surface area contributed by atoms with Crippen molar-refractivity contribution in [1.82, 2.24) is 4.98 Å². The van der Waals surface area contributed by atoms with Gasteiger partial charge in [-0.3, -0.25) is 4.98 Å². The summed E-state index contributed by atoms with van der Waals surface area (Å²) in [5.74, 6) is 0. The number of nitrogens with zero attached hydrogens (tertiary/aromatic N) is 1. The van der Waals surface area contributed by atoms with E-state index in [4.69, 9.17) is 5.73 Å². The van der Waals surface area contributed by atoms with E-state index in [0.29, 0.717) is 5.69 Å². The topological polar surface area (TPSA) is 59.1 Å². The van der Waals surface area contributed by atoms with Crippen molar-refractivity contribution in [2.75, 3.05) is 0 Å². The number of halogens is 2. The summed E-state index contributed by atoms with van der Waals surface area (Å²) >= 11 is 6.62. The van der Waals surface area contributed by atoms with Gasteiger partial charge in [-0.25, -0.2) is 0 Å². The molecule has 1 aromatic rings. The largest absolute Gasteiger partial charge is 0.391 e. The van der Waals surface area contributed by atoms with E-state index < -0.39 is 12.1 Å². The van der Waals surface area contributed by atoms with Gasteiger partial charge < -0.3 is 10.8 Å². The van der Waals surface area contributed by atoms with Crippen LogP contribution in [-0.4, -0.2) is 16.2 Å². The molecule has 0 saturated carbocycles. The quantitative estimate of drug-likeness (QED) is 0.878. The van der Waals surface area contributed by atoms with E-state index in [1.807, 2.05) is 6.07 Å². The molecule has 1 heterocycles. The van der Waals surface area contributed by atoms with Gasteiger partial charge in [0.1, 0.15) is 0 Å². The number of hydrogen-bond donors (Lipinski definition) is 2. The number of hydrogen-bond acceptors (Lipinski definition) is 3. The van der Waals surface area contributed by atoms with E-state index in [0.717, 1.165) is 8.95 Å². The Morgan fingerprint density at radius 1 is 1.54 bits per heavy atom. The monoisotopic (exact) mass is 308 g/mol. The first-order valence-corrected chi connectivity index (χ1v) is 5.35. The second-order valence-electron chi connectivity index (χ2n) is 2.79. The van der Waals surface area contributed by atoms with Crippen LogP contribution in [0.25, 0.3) is 0 Å². The number of aliphatic hydroxyl groups excluding tert-OH is 1. The lowest BCUT2D eigenvalue weighted by Gasteiger charge is -2.15. The Kier molecular flexibility index (Phi) is 3.85. The molecular formula is C8H10Br2N2O. The molecule has 1 aromatic heterocycles. The first-order chi connectivity index (χ1) is 6.02. The van der Waals surface area contributed by atoms with Crippen LogP contribution >= 0.6 is 31.9 Å².